The summed E-state index contributed by atoms with van der Waals surface area (Å²) in [6.07, 6.45) is -1.12. The molecule has 1 heterocycles. The van der Waals surface area contributed by atoms with E-state index in [1.807, 2.05) is 92.7 Å². The van der Waals surface area contributed by atoms with E-state index in [0.29, 0.717) is 17.0 Å². The van der Waals surface area contributed by atoms with Gasteiger partial charge in [0, 0.05) is 43.8 Å². The predicted molar refractivity (Wildman–Crippen MR) is 233 cm³/mol. The lowest BCUT2D eigenvalue weighted by Gasteiger charge is -2.35. The molecule has 0 radical (unpaired) electrons. The third-order valence-electron chi connectivity index (χ3n) is 11.2. The molecular weight excluding hydrogens is 812 g/mol. The van der Waals surface area contributed by atoms with Gasteiger partial charge in [0.05, 0.1) is 5.92 Å². The van der Waals surface area contributed by atoms with Crippen molar-refractivity contribution in [2.24, 2.45) is 11.8 Å². The number of alkyl carbamates (subject to hydrolysis) is 1. The summed E-state index contributed by atoms with van der Waals surface area (Å²) in [6, 6.07) is 28.2. The first-order chi connectivity index (χ1) is 29.7. The van der Waals surface area contributed by atoms with Crippen molar-refractivity contribution in [1.29, 1.82) is 0 Å². The van der Waals surface area contributed by atoms with Gasteiger partial charge >= 0.3 is 18.0 Å². The molecule has 6 rings (SSSR count). The second-order valence-corrected chi connectivity index (χ2v) is 16.8. The number of esters is 1. The molecule has 1 aromatic heterocycles. The number of rotatable bonds is 18. The molecule has 0 saturated heterocycles. The van der Waals surface area contributed by atoms with E-state index in [4.69, 9.17) is 9.47 Å². The van der Waals surface area contributed by atoms with E-state index in [1.54, 1.807) is 19.4 Å². The minimum absolute atomic E-state index is 0.0156. The van der Waals surface area contributed by atoms with Gasteiger partial charge in [-0.2, -0.15) is 0 Å². The number of carboxylic acid groups (broad SMARTS) is 1. The Bertz CT molecular complexity index is 2330. The quantitative estimate of drug-likeness (QED) is 0.0733. The Morgan fingerprint density at radius 1 is 0.839 bits per heavy atom. The minimum Gasteiger partial charge on any atom is -0.481 e. The van der Waals surface area contributed by atoms with Crippen LogP contribution in [0.4, 0.5) is 9.18 Å². The molecule has 5 aromatic rings. The number of nitrogens with zero attached hydrogens (tertiary/aromatic N) is 2. The number of halogens is 1. The van der Waals surface area contributed by atoms with Crippen molar-refractivity contribution in [3.63, 3.8) is 0 Å². The van der Waals surface area contributed by atoms with Crippen LogP contribution in [0.15, 0.2) is 109 Å². The Labute approximate surface area is 364 Å². The Kier molecular flexibility index (Phi) is 14.9. The average molecular weight is 863 g/mol. The van der Waals surface area contributed by atoms with Crippen LogP contribution in [0, 0.1) is 17.7 Å². The number of carbonyl (C=O) groups excluding carboxylic acids is 4. The van der Waals surface area contributed by atoms with Gasteiger partial charge in [0.1, 0.15) is 29.2 Å². The molecule has 0 saturated carbocycles. The van der Waals surface area contributed by atoms with E-state index in [1.165, 1.54) is 36.1 Å². The van der Waals surface area contributed by atoms with Crippen LogP contribution < -0.4 is 10.6 Å². The molecule has 324 valence electrons. The van der Waals surface area contributed by atoms with Gasteiger partial charge in [0.15, 0.2) is 6.10 Å². The highest BCUT2D eigenvalue weighted by atomic mass is 32.1. The normalized spacial score (nSPS) is 14.4. The van der Waals surface area contributed by atoms with Crippen LogP contribution in [0.5, 0.6) is 0 Å². The number of carboxylic acids is 1. The molecule has 5 atom stereocenters. The number of likely N-dealkylation sites (N-methyl/N-ethyl adjacent to an activating group) is 1. The van der Waals surface area contributed by atoms with E-state index in [0.717, 1.165) is 39.2 Å². The van der Waals surface area contributed by atoms with Crippen LogP contribution in [-0.4, -0.2) is 70.6 Å². The van der Waals surface area contributed by atoms with E-state index >= 15 is 0 Å². The highest BCUT2D eigenvalue weighted by Gasteiger charge is 2.36. The maximum absolute atomic E-state index is 14.5. The smallest absolute Gasteiger partial charge is 0.408 e. The molecule has 14 heteroatoms. The molecule has 0 spiro atoms. The molecule has 1 aliphatic carbocycles. The van der Waals surface area contributed by atoms with Crippen LogP contribution in [0.1, 0.15) is 96.4 Å². The number of benzene rings is 4. The van der Waals surface area contributed by atoms with E-state index < -0.39 is 65.8 Å². The number of amides is 3. The molecule has 5 unspecified atom stereocenters. The summed E-state index contributed by atoms with van der Waals surface area (Å²) in [5, 5.41) is 17.1. The Morgan fingerprint density at radius 3 is 2.05 bits per heavy atom. The highest BCUT2D eigenvalue weighted by molar-refractivity contribution is 7.09. The van der Waals surface area contributed by atoms with Gasteiger partial charge in [0.2, 0.25) is 5.91 Å². The summed E-state index contributed by atoms with van der Waals surface area (Å²) in [5.41, 5.74) is 5.51. The third kappa shape index (κ3) is 11.1. The minimum atomic E-state index is -1.27. The summed E-state index contributed by atoms with van der Waals surface area (Å²) in [5.74, 6) is -4.26. The molecule has 4 aromatic carbocycles. The Morgan fingerprint density at radius 2 is 1.45 bits per heavy atom. The topological polar surface area (TPSA) is 164 Å². The van der Waals surface area contributed by atoms with Gasteiger partial charge in [-0.1, -0.05) is 112 Å². The monoisotopic (exact) mass is 862 g/mol. The number of fused-ring (bicyclic) bond motifs is 3. The molecule has 1 aliphatic rings. The summed E-state index contributed by atoms with van der Waals surface area (Å²) in [4.78, 5) is 72.0. The van der Waals surface area contributed by atoms with Crippen molar-refractivity contribution in [3.05, 3.63) is 147 Å². The molecule has 0 bridgehead atoms. The van der Waals surface area contributed by atoms with Crippen molar-refractivity contribution in [2.45, 2.75) is 77.1 Å². The average Bonchev–Trinajstić information content (AvgIpc) is 3.87. The van der Waals surface area contributed by atoms with Gasteiger partial charge in [-0.15, -0.1) is 11.3 Å². The zero-order valence-electron chi connectivity index (χ0n) is 35.2. The first kappa shape index (κ1) is 45.1. The fraction of sp³-hybridized carbons (Fsp3) is 0.333. The zero-order chi connectivity index (χ0) is 44.5. The van der Waals surface area contributed by atoms with Gasteiger partial charge in [-0.25, -0.2) is 14.2 Å². The molecule has 3 amide bonds. The van der Waals surface area contributed by atoms with Gasteiger partial charge in [-0.05, 0) is 64.3 Å². The van der Waals surface area contributed by atoms with Crippen LogP contribution in [0.25, 0.3) is 11.1 Å². The SMILES string of the molecule is CC(=O)OC(CC(C(C)C)N(C)C(=O)C(NC(=O)OCC1c2ccccc2-c2ccccc21)c1ccc(F)cc1)c1nc(C(=O)NC(Cc2ccccc2)CC(C)C(=O)O)cs1. The number of carbonyl (C=O) groups is 5. The maximum Gasteiger partial charge on any atom is 0.408 e. The molecule has 12 nitrogen and oxygen atoms in total. The standard InChI is InChI=1S/C48H51FN4O8S/c1-28(2)41(25-42(61-30(4)54)45-51-40(27-62-45)44(55)50-34(23-29(3)47(57)58)24-31-13-7-6-8-14-31)53(5)46(56)43(32-19-21-33(49)22-20-32)52-48(59)60-26-39-37-17-11-9-15-35(37)36-16-10-12-18-38(36)39/h6-22,27-29,34,39,41-43H,23-26H2,1-5H3,(H,50,55)(H,52,59)(H,57,58). The van der Waals surface area contributed by atoms with Gasteiger partial charge in [-0.3, -0.25) is 19.2 Å². The zero-order valence-corrected chi connectivity index (χ0v) is 36.1. The second-order valence-electron chi connectivity index (χ2n) is 16.0. The highest BCUT2D eigenvalue weighted by Crippen LogP contribution is 2.44. The number of aromatic nitrogens is 1. The van der Waals surface area contributed by atoms with Gasteiger partial charge in [0.25, 0.3) is 5.91 Å². The van der Waals surface area contributed by atoms with Crippen molar-refractivity contribution in [3.8, 4) is 11.1 Å². The first-order valence-corrected chi connectivity index (χ1v) is 21.4. The Hall–Kier alpha value is -6.41. The van der Waals surface area contributed by atoms with Crippen LogP contribution >= 0.6 is 11.3 Å². The molecule has 62 heavy (non-hydrogen) atoms. The predicted octanol–water partition coefficient (Wildman–Crippen LogP) is 8.49. The van der Waals surface area contributed by atoms with Crippen LogP contribution in [-0.2, 0) is 30.3 Å². The Balaban J connectivity index is 1.18. The van der Waals surface area contributed by atoms with Crippen molar-refractivity contribution in [1.82, 2.24) is 20.5 Å². The number of hydrogen-bond donors (Lipinski definition) is 3. The van der Waals surface area contributed by atoms with Crippen molar-refractivity contribution >= 4 is 41.2 Å². The lowest BCUT2D eigenvalue weighted by atomic mass is 9.95. The number of ether oxygens (including phenoxy) is 2. The molecule has 0 aliphatic heterocycles. The number of hydrogen-bond acceptors (Lipinski definition) is 9. The number of thiazole rings is 1. The van der Waals surface area contributed by atoms with Crippen molar-refractivity contribution in [2.75, 3.05) is 13.7 Å². The maximum atomic E-state index is 14.5. The summed E-state index contributed by atoms with van der Waals surface area (Å²) >= 11 is 1.12. The fourth-order valence-corrected chi connectivity index (χ4v) is 8.82. The van der Waals surface area contributed by atoms with Gasteiger partial charge < -0.3 is 30.1 Å². The summed E-state index contributed by atoms with van der Waals surface area (Å²) in [6.45, 7) is 6.66. The van der Waals surface area contributed by atoms with E-state index in [9.17, 15) is 33.5 Å². The first-order valence-electron chi connectivity index (χ1n) is 20.5. The number of nitrogens with one attached hydrogen (secondary N) is 2. The summed E-state index contributed by atoms with van der Waals surface area (Å²) < 4.78 is 25.7. The second kappa shape index (κ2) is 20.4. The van der Waals surface area contributed by atoms with Crippen LogP contribution in [0.3, 0.4) is 0 Å². The van der Waals surface area contributed by atoms with Crippen LogP contribution in [0.2, 0.25) is 0 Å². The van der Waals surface area contributed by atoms with Crippen molar-refractivity contribution < 1.29 is 42.9 Å². The molecule has 3 N–H and O–H groups in total. The largest absolute Gasteiger partial charge is 0.481 e. The van der Waals surface area contributed by atoms with E-state index in [2.05, 4.69) is 15.6 Å². The summed E-state index contributed by atoms with van der Waals surface area (Å²) in [7, 11) is 1.58. The lowest BCUT2D eigenvalue weighted by Crippen LogP contribution is -2.48. The fourth-order valence-electron chi connectivity index (χ4n) is 7.98. The lowest BCUT2D eigenvalue weighted by molar-refractivity contribution is -0.148. The number of aliphatic carboxylic acids is 1. The molecule has 0 fully saturated rings. The third-order valence-corrected chi connectivity index (χ3v) is 12.1. The molecular formula is C48H51FN4O8S. The van der Waals surface area contributed by atoms with E-state index in [-0.39, 0.29) is 37.0 Å².